The standard InChI is InChI=1S/C24H23ClN6O4S/c1-36(33,34)18-5-3-16(4-6-18)31-22-19(13-29-31)23(28-14-27-22)35-17-8-10-30(11-9-17)24(32)15-2-7-20(25)21(26)12-15/h2-7,12-14,17H,8-11,26H2,1H3. The number of benzene rings is 2. The number of rotatable bonds is 5. The number of nitrogen functional groups attached to an aromatic ring is 1. The molecular weight excluding hydrogens is 504 g/mol. The van der Waals surface area contributed by atoms with Gasteiger partial charge in [-0.05, 0) is 42.5 Å². The zero-order valence-corrected chi connectivity index (χ0v) is 20.9. The predicted octanol–water partition coefficient (Wildman–Crippen LogP) is 3.14. The van der Waals surface area contributed by atoms with Gasteiger partial charge in [-0.1, -0.05) is 11.6 Å². The fraction of sp³-hybridized carbons (Fsp3) is 0.250. The maximum Gasteiger partial charge on any atom is 0.253 e. The van der Waals surface area contributed by atoms with Crippen LogP contribution in [0.15, 0.2) is 59.9 Å². The molecule has 186 valence electrons. The largest absolute Gasteiger partial charge is 0.474 e. The van der Waals surface area contributed by atoms with Crippen molar-refractivity contribution in [3.8, 4) is 11.6 Å². The molecule has 10 nitrogen and oxygen atoms in total. The molecule has 1 saturated heterocycles. The summed E-state index contributed by atoms with van der Waals surface area (Å²) < 4.78 is 31.3. The number of aromatic nitrogens is 4. The molecule has 0 radical (unpaired) electrons. The number of piperidine rings is 1. The van der Waals surface area contributed by atoms with Gasteiger partial charge in [0.2, 0.25) is 5.88 Å². The SMILES string of the molecule is CS(=O)(=O)c1ccc(-n2ncc3c(OC4CCN(C(=O)c5ccc(Cl)c(N)c5)CC4)ncnc32)cc1. The Labute approximate surface area is 212 Å². The first-order chi connectivity index (χ1) is 17.2. The molecule has 1 aliphatic rings. The molecule has 1 amide bonds. The Hall–Kier alpha value is -3.70. The Kier molecular flexibility index (Phi) is 6.27. The molecule has 3 heterocycles. The fourth-order valence-corrected chi connectivity index (χ4v) is 4.88. The van der Waals surface area contributed by atoms with Crippen LogP contribution in [0.25, 0.3) is 16.7 Å². The number of nitrogens with two attached hydrogens (primary N) is 1. The van der Waals surface area contributed by atoms with Crippen molar-refractivity contribution in [2.45, 2.75) is 23.8 Å². The van der Waals surface area contributed by atoms with Crippen LogP contribution in [0.3, 0.4) is 0 Å². The van der Waals surface area contributed by atoms with Gasteiger partial charge >= 0.3 is 0 Å². The van der Waals surface area contributed by atoms with Gasteiger partial charge in [-0.15, -0.1) is 0 Å². The lowest BCUT2D eigenvalue weighted by Gasteiger charge is -2.32. The van der Waals surface area contributed by atoms with Crippen LogP contribution in [-0.4, -0.2) is 64.4 Å². The summed E-state index contributed by atoms with van der Waals surface area (Å²) in [7, 11) is -3.29. The van der Waals surface area contributed by atoms with E-state index in [0.29, 0.717) is 64.8 Å². The maximum atomic E-state index is 12.8. The number of hydrogen-bond donors (Lipinski definition) is 1. The van der Waals surface area contributed by atoms with Crippen molar-refractivity contribution < 1.29 is 17.9 Å². The Morgan fingerprint density at radius 2 is 1.83 bits per heavy atom. The topological polar surface area (TPSA) is 133 Å². The highest BCUT2D eigenvalue weighted by molar-refractivity contribution is 7.90. The summed E-state index contributed by atoms with van der Waals surface area (Å²) in [6, 6.07) is 11.3. The molecule has 1 aliphatic heterocycles. The second kappa shape index (κ2) is 9.40. The molecule has 2 aromatic carbocycles. The number of carbonyl (C=O) groups is 1. The summed E-state index contributed by atoms with van der Waals surface area (Å²) >= 11 is 5.96. The van der Waals surface area contributed by atoms with Crippen molar-refractivity contribution >= 4 is 44.1 Å². The zero-order chi connectivity index (χ0) is 25.4. The Balaban J connectivity index is 1.29. The minimum absolute atomic E-state index is 0.0931. The average Bonchev–Trinajstić information content (AvgIpc) is 3.30. The van der Waals surface area contributed by atoms with E-state index >= 15 is 0 Å². The van der Waals surface area contributed by atoms with Crippen LogP contribution in [0.2, 0.25) is 5.02 Å². The van der Waals surface area contributed by atoms with Crippen LogP contribution in [0, 0.1) is 0 Å². The molecule has 5 rings (SSSR count). The van der Waals surface area contributed by atoms with E-state index in [2.05, 4.69) is 15.1 Å². The molecule has 1 fully saturated rings. The van der Waals surface area contributed by atoms with E-state index < -0.39 is 9.84 Å². The van der Waals surface area contributed by atoms with Crippen LogP contribution < -0.4 is 10.5 Å². The summed E-state index contributed by atoms with van der Waals surface area (Å²) in [6.07, 6.45) is 5.35. The molecule has 12 heteroatoms. The van der Waals surface area contributed by atoms with Gasteiger partial charge in [-0.2, -0.15) is 5.10 Å². The van der Waals surface area contributed by atoms with E-state index in [1.165, 1.54) is 18.5 Å². The summed E-state index contributed by atoms with van der Waals surface area (Å²) in [4.78, 5) is 23.5. The van der Waals surface area contributed by atoms with Crippen molar-refractivity contribution in [3.63, 3.8) is 0 Å². The van der Waals surface area contributed by atoms with Crippen LogP contribution >= 0.6 is 11.6 Å². The minimum Gasteiger partial charge on any atom is -0.474 e. The molecule has 2 N–H and O–H groups in total. The molecule has 0 bridgehead atoms. The van der Waals surface area contributed by atoms with E-state index in [9.17, 15) is 13.2 Å². The lowest BCUT2D eigenvalue weighted by Crippen LogP contribution is -2.41. The van der Waals surface area contributed by atoms with E-state index in [1.54, 1.807) is 46.1 Å². The maximum absolute atomic E-state index is 12.8. The molecule has 2 aromatic heterocycles. The van der Waals surface area contributed by atoms with Crippen LogP contribution in [0.1, 0.15) is 23.2 Å². The first-order valence-electron chi connectivity index (χ1n) is 11.2. The molecule has 0 spiro atoms. The number of nitrogens with zero attached hydrogens (tertiary/aromatic N) is 5. The highest BCUT2D eigenvalue weighted by atomic mass is 35.5. The van der Waals surface area contributed by atoms with Crippen LogP contribution in [0.4, 0.5) is 5.69 Å². The van der Waals surface area contributed by atoms with Gasteiger partial charge in [-0.3, -0.25) is 4.79 Å². The third-order valence-corrected chi connectivity index (χ3v) is 7.56. The number of hydrogen-bond acceptors (Lipinski definition) is 8. The number of anilines is 1. The van der Waals surface area contributed by atoms with Gasteiger partial charge in [0, 0.05) is 37.8 Å². The number of likely N-dealkylation sites (tertiary alicyclic amines) is 1. The van der Waals surface area contributed by atoms with Crippen molar-refractivity contribution in [2.24, 2.45) is 0 Å². The summed E-state index contributed by atoms with van der Waals surface area (Å²) in [5.41, 5.74) is 7.92. The number of sulfone groups is 1. The van der Waals surface area contributed by atoms with Gasteiger partial charge in [0.25, 0.3) is 5.91 Å². The first kappa shape index (κ1) is 24.0. The highest BCUT2D eigenvalue weighted by Gasteiger charge is 2.26. The van der Waals surface area contributed by atoms with Gasteiger partial charge in [-0.25, -0.2) is 23.1 Å². The Morgan fingerprint density at radius 1 is 1.11 bits per heavy atom. The Morgan fingerprint density at radius 3 is 2.50 bits per heavy atom. The number of halogens is 1. The van der Waals surface area contributed by atoms with E-state index in [4.69, 9.17) is 22.1 Å². The van der Waals surface area contributed by atoms with Gasteiger partial charge in [0.15, 0.2) is 15.5 Å². The summed E-state index contributed by atoms with van der Waals surface area (Å²) in [5.74, 6) is 0.318. The molecular formula is C24H23ClN6O4S. The lowest BCUT2D eigenvalue weighted by atomic mass is 10.1. The minimum atomic E-state index is -3.29. The normalized spacial score (nSPS) is 14.8. The number of carbonyl (C=O) groups excluding carboxylic acids is 1. The summed E-state index contributed by atoms with van der Waals surface area (Å²) in [6.45, 7) is 1.07. The van der Waals surface area contributed by atoms with Crippen LogP contribution in [-0.2, 0) is 9.84 Å². The second-order valence-corrected chi connectivity index (χ2v) is 11.0. The third-order valence-electron chi connectivity index (χ3n) is 6.09. The van der Waals surface area contributed by atoms with Crippen molar-refractivity contribution in [1.82, 2.24) is 24.6 Å². The van der Waals surface area contributed by atoms with E-state index in [0.717, 1.165) is 6.26 Å². The number of fused-ring (bicyclic) bond motifs is 1. The molecule has 0 aliphatic carbocycles. The van der Waals surface area contributed by atoms with Gasteiger partial charge < -0.3 is 15.4 Å². The zero-order valence-electron chi connectivity index (χ0n) is 19.3. The van der Waals surface area contributed by atoms with Crippen molar-refractivity contribution in [2.75, 3.05) is 25.1 Å². The Bertz CT molecular complexity index is 1550. The van der Waals surface area contributed by atoms with Gasteiger partial charge in [0.1, 0.15) is 17.8 Å². The highest BCUT2D eigenvalue weighted by Crippen LogP contribution is 2.27. The lowest BCUT2D eigenvalue weighted by molar-refractivity contribution is 0.0590. The molecule has 0 saturated carbocycles. The van der Waals surface area contributed by atoms with Crippen LogP contribution in [0.5, 0.6) is 5.88 Å². The van der Waals surface area contributed by atoms with E-state index in [1.807, 2.05) is 0 Å². The van der Waals surface area contributed by atoms with Gasteiger partial charge in [0.05, 0.1) is 27.5 Å². The fourth-order valence-electron chi connectivity index (χ4n) is 4.13. The predicted molar refractivity (Wildman–Crippen MR) is 135 cm³/mol. The second-order valence-electron chi connectivity index (χ2n) is 8.58. The monoisotopic (exact) mass is 526 g/mol. The number of amides is 1. The number of ether oxygens (including phenoxy) is 1. The third kappa shape index (κ3) is 4.71. The van der Waals surface area contributed by atoms with E-state index in [-0.39, 0.29) is 16.9 Å². The molecule has 0 unspecified atom stereocenters. The molecule has 4 aromatic rings. The van der Waals surface area contributed by atoms with Crippen molar-refractivity contribution in [3.05, 3.63) is 65.6 Å². The quantitative estimate of drug-likeness (QED) is 0.392. The molecule has 36 heavy (non-hydrogen) atoms. The smallest absolute Gasteiger partial charge is 0.253 e. The molecule has 0 atom stereocenters. The first-order valence-corrected chi connectivity index (χ1v) is 13.5. The average molecular weight is 527 g/mol. The summed E-state index contributed by atoms with van der Waals surface area (Å²) in [5, 5.41) is 5.46. The van der Waals surface area contributed by atoms with Crippen molar-refractivity contribution in [1.29, 1.82) is 0 Å².